The largest absolute Gasteiger partial charge is 0.423 e. The van der Waals surface area contributed by atoms with Gasteiger partial charge in [0.05, 0.1) is 7.59 Å². The highest BCUT2D eigenvalue weighted by atomic mass is 29.3. The summed E-state index contributed by atoms with van der Waals surface area (Å²) in [5, 5.41) is 0. The minimum Gasteiger partial charge on any atom is -0.423 e. The van der Waals surface area contributed by atoms with Crippen molar-refractivity contribution in [3.05, 3.63) is 0 Å². The zero-order valence-electron chi connectivity index (χ0n) is 11.0. The summed E-state index contributed by atoms with van der Waals surface area (Å²) in [6, 6.07) is 0. The second-order valence-corrected chi connectivity index (χ2v) is 26.0. The van der Waals surface area contributed by atoms with Crippen LogP contribution in [0.1, 0.15) is 0 Å². The highest BCUT2D eigenvalue weighted by molar-refractivity contribution is 7.40. The third-order valence-electron chi connectivity index (χ3n) is 3.56. The fourth-order valence-corrected chi connectivity index (χ4v) is 22.3. The van der Waals surface area contributed by atoms with Crippen LogP contribution in [0.5, 0.6) is 0 Å². The molecule has 0 aromatic rings. The minimum atomic E-state index is -1.44. The molecule has 2 nitrogen and oxygen atoms in total. The van der Waals surface area contributed by atoms with Crippen molar-refractivity contribution in [1.29, 1.82) is 0 Å². The zero-order valence-corrected chi connectivity index (χ0v) is 14.0. The molecule has 0 saturated carbocycles. The van der Waals surface area contributed by atoms with Crippen LogP contribution in [0.3, 0.4) is 0 Å². The average molecular weight is 251 g/mol. The van der Waals surface area contributed by atoms with E-state index in [1.165, 1.54) is 5.67 Å². The normalized spacial score (nSPS) is 14.6. The Bertz CT molecular complexity index is 190. The van der Waals surface area contributed by atoms with Gasteiger partial charge in [-0.05, 0) is 31.9 Å². The fourth-order valence-electron chi connectivity index (χ4n) is 1.63. The summed E-state index contributed by atoms with van der Waals surface area (Å²) in [5.74, 6) is 0. The second-order valence-electron chi connectivity index (χ2n) is 5.74. The highest BCUT2D eigenvalue weighted by Gasteiger charge is 2.46. The lowest BCUT2D eigenvalue weighted by Gasteiger charge is -2.40. The van der Waals surface area contributed by atoms with Gasteiger partial charge in [0.2, 0.25) is 0 Å². The van der Waals surface area contributed by atoms with Gasteiger partial charge in [-0.15, -0.1) is 0 Å². The maximum absolute atomic E-state index is 5.76. The summed E-state index contributed by atoms with van der Waals surface area (Å²) in [5.41, 5.74) is 1.31. The van der Waals surface area contributed by atoms with Gasteiger partial charge in [0.25, 0.3) is 0 Å². The Morgan fingerprint density at radius 3 is 1.50 bits per heavy atom. The lowest BCUT2D eigenvalue weighted by atomic mass is 11.7. The van der Waals surface area contributed by atoms with E-state index in [1.807, 2.05) is 14.2 Å². The van der Waals surface area contributed by atoms with Crippen LogP contribution >= 0.6 is 0 Å². The summed E-state index contributed by atoms with van der Waals surface area (Å²) >= 11 is 0. The molecule has 0 bridgehead atoms. The Balaban J connectivity index is 4.64. The molecule has 0 rings (SSSR count). The van der Waals surface area contributed by atoms with Crippen LogP contribution in [-0.4, -0.2) is 38.0 Å². The van der Waals surface area contributed by atoms with Gasteiger partial charge in [0, 0.05) is 14.2 Å². The van der Waals surface area contributed by atoms with E-state index >= 15 is 0 Å². The molecular weight excluding hydrogens is 224 g/mol. The van der Waals surface area contributed by atoms with E-state index in [9.17, 15) is 0 Å². The maximum Gasteiger partial charge on any atom is 0.183 e. The molecule has 0 N–H and O–H groups in total. The smallest absolute Gasteiger partial charge is 0.183 e. The molecule has 0 aromatic carbocycles. The van der Waals surface area contributed by atoms with E-state index < -0.39 is 23.7 Å². The molecule has 0 aromatic heterocycles. The predicted octanol–water partition coefficient (Wildman–Crippen LogP) is 3.02. The molecule has 0 unspecified atom stereocenters. The van der Waals surface area contributed by atoms with Crippen molar-refractivity contribution in [3.63, 3.8) is 0 Å². The Kier molecular flexibility index (Phi) is 4.80. The van der Waals surface area contributed by atoms with Crippen molar-refractivity contribution in [1.82, 2.24) is 0 Å². The van der Waals surface area contributed by atoms with Crippen LogP contribution in [0.15, 0.2) is 0 Å². The van der Waals surface area contributed by atoms with Gasteiger partial charge in [-0.2, -0.15) is 0 Å². The molecule has 0 heterocycles. The Morgan fingerprint density at radius 2 is 1.21 bits per heavy atom. The molecule has 0 atom stereocenters. The topological polar surface area (TPSA) is 18.5 Å². The molecule has 0 spiro atoms. The van der Waals surface area contributed by atoms with E-state index in [0.29, 0.717) is 0 Å². The van der Waals surface area contributed by atoms with Gasteiger partial charge in [-0.3, -0.25) is 0 Å². The van der Waals surface area contributed by atoms with E-state index in [1.54, 1.807) is 0 Å². The van der Waals surface area contributed by atoms with Crippen LogP contribution in [0, 0.1) is 0 Å². The van der Waals surface area contributed by atoms with Gasteiger partial charge in [0.1, 0.15) is 0 Å². The first kappa shape index (κ1) is 14.6. The van der Waals surface area contributed by atoms with E-state index in [4.69, 9.17) is 8.85 Å². The molecule has 5 heteroatoms. The molecule has 0 saturated heterocycles. The van der Waals surface area contributed by atoms with Crippen LogP contribution in [0.4, 0.5) is 0 Å². The summed E-state index contributed by atoms with van der Waals surface area (Å²) in [7, 11) is -0.357. The molecule has 0 aliphatic carbocycles. The van der Waals surface area contributed by atoms with Crippen molar-refractivity contribution in [2.24, 2.45) is 0 Å². The number of hydrogen-bond donors (Lipinski definition) is 0. The van der Waals surface area contributed by atoms with Crippen LogP contribution in [-0.2, 0) is 8.85 Å². The first-order valence-electron chi connectivity index (χ1n) is 5.18. The Morgan fingerprint density at radius 1 is 0.786 bits per heavy atom. The molecule has 0 radical (unpaired) electrons. The van der Waals surface area contributed by atoms with Crippen LogP contribution < -0.4 is 0 Å². The Labute approximate surface area is 92.1 Å². The fraction of sp³-hybridized carbons (Fsp3) is 1.00. The molecule has 0 amide bonds. The van der Waals surface area contributed by atoms with Crippen molar-refractivity contribution in [2.75, 3.05) is 14.2 Å². The lowest BCUT2D eigenvalue weighted by Crippen LogP contribution is -2.60. The minimum absolute atomic E-state index is 1.23. The Hall–Kier alpha value is 0.571. The zero-order chi connectivity index (χ0) is 11.6. The highest BCUT2D eigenvalue weighted by Crippen LogP contribution is 2.28. The third-order valence-corrected chi connectivity index (χ3v) is 27.9. The molecule has 0 aliphatic rings. The lowest BCUT2D eigenvalue weighted by molar-refractivity contribution is 0.406. The quantitative estimate of drug-likeness (QED) is 0.699. The van der Waals surface area contributed by atoms with Gasteiger partial charge in [-0.1, -0.05) is 13.1 Å². The van der Waals surface area contributed by atoms with E-state index in [-0.39, 0.29) is 0 Å². The van der Waals surface area contributed by atoms with Gasteiger partial charge < -0.3 is 8.85 Å². The van der Waals surface area contributed by atoms with Crippen molar-refractivity contribution in [3.8, 4) is 0 Å². The predicted molar refractivity (Wildman–Crippen MR) is 71.3 cm³/mol. The monoisotopic (exact) mass is 250 g/mol. The first-order valence-corrected chi connectivity index (χ1v) is 15.4. The number of rotatable bonds is 5. The standard InChI is InChI=1S/C9H26O2Si3/c1-10-12(3,4)9-13(5,6)14(7,8)11-2/h9H2,1-8H3. The van der Waals surface area contributed by atoms with Gasteiger partial charge >= 0.3 is 0 Å². The molecule has 14 heavy (non-hydrogen) atoms. The maximum atomic E-state index is 5.76. The van der Waals surface area contributed by atoms with Crippen LogP contribution in [0.25, 0.3) is 0 Å². The summed E-state index contributed by atoms with van der Waals surface area (Å²) in [4.78, 5) is 0. The summed E-state index contributed by atoms with van der Waals surface area (Å²) in [6.45, 7) is 14.2. The van der Waals surface area contributed by atoms with Crippen molar-refractivity contribution >= 4 is 23.7 Å². The van der Waals surface area contributed by atoms with E-state index in [0.717, 1.165) is 0 Å². The van der Waals surface area contributed by atoms with Crippen molar-refractivity contribution < 1.29 is 8.85 Å². The van der Waals surface area contributed by atoms with Crippen molar-refractivity contribution in [2.45, 2.75) is 44.9 Å². The molecular formula is C9H26O2Si3. The number of hydrogen-bond acceptors (Lipinski definition) is 2. The first-order chi connectivity index (χ1) is 6.08. The van der Waals surface area contributed by atoms with E-state index in [2.05, 4.69) is 39.3 Å². The van der Waals surface area contributed by atoms with Gasteiger partial charge in [-0.25, -0.2) is 0 Å². The second kappa shape index (κ2) is 4.61. The summed E-state index contributed by atoms with van der Waals surface area (Å²) in [6.07, 6.45) is 0. The van der Waals surface area contributed by atoms with Crippen LogP contribution in [0.2, 0.25) is 44.9 Å². The average Bonchev–Trinajstić information content (AvgIpc) is 2.02. The third kappa shape index (κ3) is 3.62. The molecule has 86 valence electrons. The SMILES string of the molecule is CO[Si](C)(C)C[Si](C)(C)[Si](C)(C)OC. The summed E-state index contributed by atoms with van der Waals surface area (Å²) < 4.78 is 11.4. The molecule has 0 aliphatic heterocycles. The van der Waals surface area contributed by atoms with Gasteiger partial charge in [0.15, 0.2) is 16.2 Å². The molecule has 0 fully saturated rings.